The van der Waals surface area contributed by atoms with Crippen molar-refractivity contribution in [2.75, 3.05) is 0 Å². The van der Waals surface area contributed by atoms with Crippen LogP contribution in [0, 0.1) is 13.8 Å². The van der Waals surface area contributed by atoms with Crippen molar-refractivity contribution >= 4 is 6.08 Å². The molecule has 0 heterocycles. The average molecular weight is 217 g/mol. The van der Waals surface area contributed by atoms with Gasteiger partial charge < -0.3 is 5.11 Å². The summed E-state index contributed by atoms with van der Waals surface area (Å²) < 4.78 is 0. The Morgan fingerprint density at radius 1 is 1.31 bits per heavy atom. The van der Waals surface area contributed by atoms with Gasteiger partial charge in [0.15, 0.2) is 0 Å². The molecule has 1 fully saturated rings. The van der Waals surface area contributed by atoms with Gasteiger partial charge in [0.1, 0.15) is 5.75 Å². The molecule has 84 valence electrons. The molecule has 1 N–H and O–H groups in total. The predicted octanol–water partition coefficient (Wildman–Crippen LogP) is 2.72. The molecule has 3 heteroatoms. The standard InChI is InChI=1S/C13H15NO2/c1-9-10(2)12(16)5-4-11(9)13(14-8-15)6-3-7-13/h4-5,16H,3,6-7H2,1-2H3. The van der Waals surface area contributed by atoms with Gasteiger partial charge in [-0.2, -0.15) is 4.99 Å². The number of hydrogen-bond acceptors (Lipinski definition) is 3. The third kappa shape index (κ3) is 1.44. The topological polar surface area (TPSA) is 49.7 Å². The Morgan fingerprint density at radius 2 is 2.00 bits per heavy atom. The summed E-state index contributed by atoms with van der Waals surface area (Å²) in [6, 6.07) is 3.55. The van der Waals surface area contributed by atoms with E-state index in [9.17, 15) is 9.90 Å². The number of aromatic hydroxyl groups is 1. The molecule has 1 saturated carbocycles. The maximum Gasteiger partial charge on any atom is 0.235 e. The minimum Gasteiger partial charge on any atom is -0.508 e. The molecule has 0 atom stereocenters. The van der Waals surface area contributed by atoms with E-state index >= 15 is 0 Å². The summed E-state index contributed by atoms with van der Waals surface area (Å²) in [7, 11) is 0. The Kier molecular flexibility index (Phi) is 2.56. The molecule has 1 aromatic rings. The molecule has 2 rings (SSSR count). The monoisotopic (exact) mass is 217 g/mol. The van der Waals surface area contributed by atoms with Crippen molar-refractivity contribution in [1.29, 1.82) is 0 Å². The molecule has 0 aromatic heterocycles. The van der Waals surface area contributed by atoms with Crippen LogP contribution < -0.4 is 0 Å². The van der Waals surface area contributed by atoms with Gasteiger partial charge in [0, 0.05) is 0 Å². The highest BCUT2D eigenvalue weighted by Gasteiger charge is 2.40. The van der Waals surface area contributed by atoms with E-state index in [0.29, 0.717) is 5.75 Å². The largest absolute Gasteiger partial charge is 0.508 e. The van der Waals surface area contributed by atoms with Gasteiger partial charge in [0.2, 0.25) is 6.08 Å². The molecular weight excluding hydrogens is 202 g/mol. The first-order valence-corrected chi connectivity index (χ1v) is 5.49. The fourth-order valence-electron chi connectivity index (χ4n) is 2.35. The van der Waals surface area contributed by atoms with Crippen molar-refractivity contribution < 1.29 is 9.90 Å². The number of isocyanates is 1. The zero-order valence-corrected chi connectivity index (χ0v) is 9.58. The van der Waals surface area contributed by atoms with Gasteiger partial charge in [-0.05, 0) is 55.9 Å². The Bertz CT molecular complexity index is 469. The fourth-order valence-corrected chi connectivity index (χ4v) is 2.35. The highest BCUT2D eigenvalue weighted by atomic mass is 16.3. The smallest absolute Gasteiger partial charge is 0.235 e. The molecule has 0 unspecified atom stereocenters. The van der Waals surface area contributed by atoms with E-state index in [4.69, 9.17) is 0 Å². The number of carbonyl (C=O) groups excluding carboxylic acids is 1. The fraction of sp³-hybridized carbons (Fsp3) is 0.462. The molecule has 1 aliphatic carbocycles. The van der Waals surface area contributed by atoms with Gasteiger partial charge in [0.05, 0.1) is 5.54 Å². The molecule has 0 saturated heterocycles. The maximum absolute atomic E-state index is 10.5. The van der Waals surface area contributed by atoms with E-state index in [1.54, 1.807) is 12.1 Å². The van der Waals surface area contributed by atoms with Crippen LogP contribution in [0.15, 0.2) is 17.1 Å². The van der Waals surface area contributed by atoms with Gasteiger partial charge >= 0.3 is 0 Å². The molecule has 0 aliphatic heterocycles. The van der Waals surface area contributed by atoms with E-state index < -0.39 is 0 Å². The van der Waals surface area contributed by atoms with Crippen molar-refractivity contribution in [1.82, 2.24) is 0 Å². The lowest BCUT2D eigenvalue weighted by Gasteiger charge is -2.38. The van der Waals surface area contributed by atoms with Crippen LogP contribution in [0.25, 0.3) is 0 Å². The van der Waals surface area contributed by atoms with Crippen molar-refractivity contribution in [3.8, 4) is 5.75 Å². The van der Waals surface area contributed by atoms with Gasteiger partial charge in [0.25, 0.3) is 0 Å². The lowest BCUT2D eigenvalue weighted by molar-refractivity contribution is 0.254. The van der Waals surface area contributed by atoms with Gasteiger partial charge in [-0.3, -0.25) is 0 Å². The molecule has 1 aromatic carbocycles. The van der Waals surface area contributed by atoms with Gasteiger partial charge in [-0.1, -0.05) is 6.07 Å². The zero-order chi connectivity index (χ0) is 11.8. The first-order valence-electron chi connectivity index (χ1n) is 5.49. The lowest BCUT2D eigenvalue weighted by Crippen LogP contribution is -2.32. The number of aliphatic imine (C=N–C) groups is 1. The van der Waals surface area contributed by atoms with Crippen LogP contribution in [-0.2, 0) is 10.3 Å². The third-order valence-corrected chi connectivity index (χ3v) is 3.70. The second-order valence-electron chi connectivity index (χ2n) is 4.47. The number of benzene rings is 1. The zero-order valence-electron chi connectivity index (χ0n) is 9.58. The summed E-state index contributed by atoms with van der Waals surface area (Å²) in [5.41, 5.74) is 2.57. The van der Waals surface area contributed by atoms with Gasteiger partial charge in [-0.15, -0.1) is 0 Å². The predicted molar refractivity (Wildman–Crippen MR) is 61.2 cm³/mol. The van der Waals surface area contributed by atoms with Crippen LogP contribution in [0.2, 0.25) is 0 Å². The summed E-state index contributed by atoms with van der Waals surface area (Å²) >= 11 is 0. The molecule has 0 spiro atoms. The van der Waals surface area contributed by atoms with Crippen molar-refractivity contribution in [3.63, 3.8) is 0 Å². The number of nitrogens with zero attached hydrogens (tertiary/aromatic N) is 1. The molecule has 0 radical (unpaired) electrons. The van der Waals surface area contributed by atoms with Crippen LogP contribution in [0.1, 0.15) is 36.0 Å². The summed E-state index contributed by atoms with van der Waals surface area (Å²) in [6.07, 6.45) is 4.56. The van der Waals surface area contributed by atoms with Crippen molar-refractivity contribution in [3.05, 3.63) is 28.8 Å². The summed E-state index contributed by atoms with van der Waals surface area (Å²) in [5.74, 6) is 0.297. The van der Waals surface area contributed by atoms with E-state index in [1.807, 2.05) is 19.9 Å². The lowest BCUT2D eigenvalue weighted by atomic mass is 9.70. The summed E-state index contributed by atoms with van der Waals surface area (Å²) in [5, 5.41) is 9.60. The van der Waals surface area contributed by atoms with Crippen molar-refractivity contribution in [2.24, 2.45) is 4.99 Å². The Morgan fingerprint density at radius 3 is 2.50 bits per heavy atom. The molecule has 0 bridgehead atoms. The number of hydrogen-bond donors (Lipinski definition) is 1. The van der Waals surface area contributed by atoms with Crippen LogP contribution in [0.5, 0.6) is 5.75 Å². The number of phenolic OH excluding ortho intramolecular Hbond substituents is 1. The minimum absolute atomic E-state index is 0.297. The summed E-state index contributed by atoms with van der Waals surface area (Å²) in [6.45, 7) is 3.84. The van der Waals surface area contributed by atoms with Crippen molar-refractivity contribution in [2.45, 2.75) is 38.6 Å². The SMILES string of the molecule is Cc1c(O)ccc(C2(N=C=O)CCC2)c1C. The normalized spacial score (nSPS) is 17.4. The third-order valence-electron chi connectivity index (χ3n) is 3.70. The maximum atomic E-state index is 10.5. The Balaban J connectivity index is 2.55. The molecular formula is C13H15NO2. The highest BCUT2D eigenvalue weighted by molar-refractivity contribution is 5.48. The van der Waals surface area contributed by atoms with E-state index in [2.05, 4.69) is 4.99 Å². The second-order valence-corrected chi connectivity index (χ2v) is 4.47. The van der Waals surface area contributed by atoms with E-state index in [0.717, 1.165) is 36.0 Å². The van der Waals surface area contributed by atoms with Crippen LogP contribution >= 0.6 is 0 Å². The highest BCUT2D eigenvalue weighted by Crippen LogP contribution is 2.47. The van der Waals surface area contributed by atoms with E-state index in [1.165, 1.54) is 0 Å². The first-order chi connectivity index (χ1) is 7.60. The van der Waals surface area contributed by atoms with E-state index in [-0.39, 0.29) is 5.54 Å². The number of rotatable bonds is 2. The quantitative estimate of drug-likeness (QED) is 0.611. The van der Waals surface area contributed by atoms with Crippen LogP contribution in [0.4, 0.5) is 0 Å². The second kappa shape index (κ2) is 3.76. The molecule has 0 amide bonds. The summed E-state index contributed by atoms with van der Waals surface area (Å²) in [4.78, 5) is 14.5. The van der Waals surface area contributed by atoms with Crippen LogP contribution in [-0.4, -0.2) is 11.2 Å². The molecule has 16 heavy (non-hydrogen) atoms. The molecule has 1 aliphatic rings. The average Bonchev–Trinajstić information content (AvgIpc) is 2.21. The molecule has 3 nitrogen and oxygen atoms in total. The van der Waals surface area contributed by atoms with Crippen LogP contribution in [0.3, 0.4) is 0 Å². The number of phenols is 1. The minimum atomic E-state index is -0.371. The Hall–Kier alpha value is -1.60. The first kappa shape index (κ1) is 10.9. The van der Waals surface area contributed by atoms with Gasteiger partial charge in [-0.25, -0.2) is 4.79 Å². The Labute approximate surface area is 94.8 Å².